The average Bonchev–Trinajstić information content (AvgIpc) is 2.68. The van der Waals surface area contributed by atoms with Crippen molar-refractivity contribution in [1.29, 1.82) is 0 Å². The number of anilines is 1. The molecule has 0 aliphatic heterocycles. The summed E-state index contributed by atoms with van der Waals surface area (Å²) in [6.45, 7) is 1.27. The number of hydrogen-bond acceptors (Lipinski definition) is 4. The summed E-state index contributed by atoms with van der Waals surface area (Å²) in [5, 5.41) is 6.14. The number of nitrogens with zero attached hydrogens (tertiary/aromatic N) is 2. The van der Waals surface area contributed by atoms with Crippen molar-refractivity contribution in [3.8, 4) is 0 Å². The number of benzene rings is 1. The molecule has 0 aliphatic rings. The highest BCUT2D eigenvalue weighted by molar-refractivity contribution is 5.94. The zero-order valence-electron chi connectivity index (χ0n) is 13.9. The molecule has 5 nitrogen and oxygen atoms in total. The Morgan fingerprint density at radius 1 is 0.920 bits per heavy atom. The van der Waals surface area contributed by atoms with E-state index in [2.05, 4.69) is 32.7 Å². The number of hydrogen-bond donors (Lipinski definition) is 2. The van der Waals surface area contributed by atoms with E-state index in [9.17, 15) is 4.79 Å². The van der Waals surface area contributed by atoms with E-state index in [1.807, 2.05) is 36.4 Å². The van der Waals surface area contributed by atoms with Crippen molar-refractivity contribution in [2.75, 3.05) is 11.9 Å². The Morgan fingerprint density at radius 2 is 1.72 bits per heavy atom. The number of amides is 1. The normalized spacial score (nSPS) is 10.2. The second kappa shape index (κ2) is 8.59. The largest absolute Gasteiger partial charge is 0.366 e. The summed E-state index contributed by atoms with van der Waals surface area (Å²) in [6, 6.07) is 17.6. The van der Waals surface area contributed by atoms with Gasteiger partial charge in [-0.15, -0.1) is 0 Å². The molecule has 5 heteroatoms. The minimum absolute atomic E-state index is 0.107. The maximum atomic E-state index is 12.1. The molecule has 25 heavy (non-hydrogen) atoms. The van der Waals surface area contributed by atoms with Gasteiger partial charge in [0.1, 0.15) is 5.82 Å². The first-order valence-electron chi connectivity index (χ1n) is 8.22. The van der Waals surface area contributed by atoms with E-state index in [0.717, 1.165) is 17.8 Å². The smallest absolute Gasteiger partial charge is 0.252 e. The predicted molar refractivity (Wildman–Crippen MR) is 98.3 cm³/mol. The Bertz CT molecular complexity index is 789. The van der Waals surface area contributed by atoms with Gasteiger partial charge in [-0.25, -0.2) is 4.98 Å². The molecule has 0 aliphatic carbocycles. The molecular formula is C20H20N4O. The molecule has 2 N–H and O–H groups in total. The Hall–Kier alpha value is -3.21. The third-order valence-electron chi connectivity index (χ3n) is 3.79. The van der Waals surface area contributed by atoms with Gasteiger partial charge in [0.25, 0.3) is 5.91 Å². The molecule has 3 rings (SSSR count). The van der Waals surface area contributed by atoms with Gasteiger partial charge in [0.15, 0.2) is 0 Å². The van der Waals surface area contributed by atoms with Crippen LogP contribution in [0.1, 0.15) is 21.5 Å². The molecule has 0 atom stereocenters. The zero-order valence-corrected chi connectivity index (χ0v) is 13.9. The molecule has 1 aromatic carbocycles. The van der Waals surface area contributed by atoms with Gasteiger partial charge in [-0.3, -0.25) is 9.78 Å². The van der Waals surface area contributed by atoms with E-state index < -0.39 is 0 Å². The van der Waals surface area contributed by atoms with Gasteiger partial charge in [0.2, 0.25) is 0 Å². The molecule has 2 aromatic heterocycles. The summed E-state index contributed by atoms with van der Waals surface area (Å²) >= 11 is 0. The minimum Gasteiger partial charge on any atom is -0.366 e. The molecule has 126 valence electrons. The van der Waals surface area contributed by atoms with Gasteiger partial charge in [-0.05, 0) is 41.8 Å². The first-order chi connectivity index (χ1) is 12.3. The zero-order chi connectivity index (χ0) is 17.3. The maximum Gasteiger partial charge on any atom is 0.252 e. The summed E-state index contributed by atoms with van der Waals surface area (Å²) < 4.78 is 0. The highest BCUT2D eigenvalue weighted by atomic mass is 16.1. The van der Waals surface area contributed by atoms with Crippen LogP contribution < -0.4 is 10.6 Å². The summed E-state index contributed by atoms with van der Waals surface area (Å²) in [7, 11) is 0. The molecule has 0 spiro atoms. The second-order valence-electron chi connectivity index (χ2n) is 5.63. The Balaban J connectivity index is 1.47. The summed E-state index contributed by atoms with van der Waals surface area (Å²) in [6.07, 6.45) is 5.92. The summed E-state index contributed by atoms with van der Waals surface area (Å²) in [5.74, 6) is 0.627. The number of carbonyl (C=O) groups is 1. The number of rotatable bonds is 7. The second-order valence-corrected chi connectivity index (χ2v) is 5.63. The lowest BCUT2D eigenvalue weighted by atomic mass is 10.1. The van der Waals surface area contributed by atoms with Crippen molar-refractivity contribution < 1.29 is 4.79 Å². The van der Waals surface area contributed by atoms with Crippen LogP contribution in [0.3, 0.4) is 0 Å². The van der Waals surface area contributed by atoms with Crippen LogP contribution in [-0.4, -0.2) is 22.4 Å². The van der Waals surface area contributed by atoms with Crippen LogP contribution in [-0.2, 0) is 13.0 Å². The average molecular weight is 332 g/mol. The van der Waals surface area contributed by atoms with Crippen molar-refractivity contribution in [2.45, 2.75) is 13.0 Å². The first kappa shape index (κ1) is 16.6. The summed E-state index contributed by atoms with van der Waals surface area (Å²) in [4.78, 5) is 20.4. The predicted octanol–water partition coefficient (Wildman–Crippen LogP) is 3.06. The molecule has 0 unspecified atom stereocenters. The molecule has 1 amide bonds. The van der Waals surface area contributed by atoms with Crippen LogP contribution >= 0.6 is 0 Å². The number of pyridine rings is 2. The monoisotopic (exact) mass is 332 g/mol. The highest BCUT2D eigenvalue weighted by Crippen LogP contribution is 2.07. The van der Waals surface area contributed by atoms with Crippen molar-refractivity contribution in [2.24, 2.45) is 0 Å². The van der Waals surface area contributed by atoms with E-state index in [1.165, 1.54) is 5.56 Å². The van der Waals surface area contributed by atoms with Gasteiger partial charge in [-0.2, -0.15) is 0 Å². The molecule has 3 aromatic rings. The van der Waals surface area contributed by atoms with Crippen LogP contribution in [0.25, 0.3) is 0 Å². The Labute approximate surface area is 147 Å². The SMILES string of the molecule is O=C(NCCc1ccccc1)c1ccc(NCc2ccncc2)nc1. The van der Waals surface area contributed by atoms with Crippen molar-refractivity contribution in [3.63, 3.8) is 0 Å². The van der Waals surface area contributed by atoms with Crippen LogP contribution in [0.4, 0.5) is 5.82 Å². The Morgan fingerprint density at radius 3 is 2.44 bits per heavy atom. The van der Waals surface area contributed by atoms with Crippen LogP contribution in [0.5, 0.6) is 0 Å². The first-order valence-corrected chi connectivity index (χ1v) is 8.22. The van der Waals surface area contributed by atoms with Gasteiger partial charge in [-0.1, -0.05) is 30.3 Å². The Kier molecular flexibility index (Phi) is 5.72. The quantitative estimate of drug-likeness (QED) is 0.698. The molecule has 2 heterocycles. The number of carbonyl (C=O) groups excluding carboxylic acids is 1. The highest BCUT2D eigenvalue weighted by Gasteiger charge is 2.05. The van der Waals surface area contributed by atoms with Crippen molar-refractivity contribution in [3.05, 3.63) is 89.9 Å². The maximum absolute atomic E-state index is 12.1. The van der Waals surface area contributed by atoms with Gasteiger partial charge < -0.3 is 10.6 Å². The summed E-state index contributed by atoms with van der Waals surface area (Å²) in [5.41, 5.74) is 2.89. The van der Waals surface area contributed by atoms with Gasteiger partial charge in [0.05, 0.1) is 5.56 Å². The van der Waals surface area contributed by atoms with E-state index in [4.69, 9.17) is 0 Å². The molecule has 0 radical (unpaired) electrons. The van der Waals surface area contributed by atoms with Gasteiger partial charge >= 0.3 is 0 Å². The lowest BCUT2D eigenvalue weighted by molar-refractivity contribution is 0.0954. The topological polar surface area (TPSA) is 66.9 Å². The van der Waals surface area contributed by atoms with E-state index in [0.29, 0.717) is 18.7 Å². The lowest BCUT2D eigenvalue weighted by Gasteiger charge is -2.08. The van der Waals surface area contributed by atoms with E-state index in [1.54, 1.807) is 24.7 Å². The molecule has 0 fully saturated rings. The fraction of sp³-hybridized carbons (Fsp3) is 0.150. The third kappa shape index (κ3) is 5.14. The molecule has 0 bridgehead atoms. The molecule has 0 saturated carbocycles. The van der Waals surface area contributed by atoms with Crippen LogP contribution in [0.15, 0.2) is 73.2 Å². The minimum atomic E-state index is -0.107. The fourth-order valence-corrected chi connectivity index (χ4v) is 2.39. The van der Waals surface area contributed by atoms with E-state index in [-0.39, 0.29) is 5.91 Å². The van der Waals surface area contributed by atoms with Crippen LogP contribution in [0.2, 0.25) is 0 Å². The standard InChI is InChI=1S/C20H20N4O/c25-20(22-13-10-16-4-2-1-3-5-16)18-6-7-19(24-15-18)23-14-17-8-11-21-12-9-17/h1-9,11-12,15H,10,13-14H2,(H,22,25)(H,23,24). The van der Waals surface area contributed by atoms with Gasteiger partial charge in [0, 0.05) is 31.7 Å². The molecule has 0 saturated heterocycles. The van der Waals surface area contributed by atoms with Crippen LogP contribution in [0, 0.1) is 0 Å². The number of aromatic nitrogens is 2. The molecular weight excluding hydrogens is 312 g/mol. The van der Waals surface area contributed by atoms with E-state index >= 15 is 0 Å². The van der Waals surface area contributed by atoms with Crippen molar-refractivity contribution >= 4 is 11.7 Å². The number of nitrogens with one attached hydrogen (secondary N) is 2. The lowest BCUT2D eigenvalue weighted by Crippen LogP contribution is -2.25. The van der Waals surface area contributed by atoms with Crippen molar-refractivity contribution in [1.82, 2.24) is 15.3 Å². The fourth-order valence-electron chi connectivity index (χ4n) is 2.39. The third-order valence-corrected chi connectivity index (χ3v) is 3.79.